The fourth-order valence-corrected chi connectivity index (χ4v) is 7.36. The van der Waals surface area contributed by atoms with Gasteiger partial charge in [0.2, 0.25) is 5.91 Å². The maximum absolute atomic E-state index is 15.1. The molecule has 0 unspecified atom stereocenters. The van der Waals surface area contributed by atoms with Gasteiger partial charge in [-0.05, 0) is 106 Å². The number of nitrogens with zero attached hydrogens (tertiary/aromatic N) is 4. The average molecular weight is 717 g/mol. The third-order valence-electron chi connectivity index (χ3n) is 10.1. The minimum absolute atomic E-state index is 0.0231. The number of benzene rings is 2. The first-order valence-corrected chi connectivity index (χ1v) is 18.5. The summed E-state index contributed by atoms with van der Waals surface area (Å²) in [6.07, 6.45) is 6.61. The van der Waals surface area contributed by atoms with E-state index in [1.165, 1.54) is 7.11 Å². The predicted molar refractivity (Wildman–Crippen MR) is 198 cm³/mol. The number of likely N-dealkylation sites (tertiary alicyclic amines) is 1. The molecule has 52 heavy (non-hydrogen) atoms. The van der Waals surface area contributed by atoms with Crippen molar-refractivity contribution in [2.24, 2.45) is 5.92 Å². The molecule has 0 N–H and O–H groups in total. The Labute approximate surface area is 305 Å². The van der Waals surface area contributed by atoms with Crippen molar-refractivity contribution in [2.75, 3.05) is 56.9 Å². The number of esters is 1. The average Bonchev–Trinajstić information content (AvgIpc) is 3.88. The topological polar surface area (TPSA) is 120 Å². The summed E-state index contributed by atoms with van der Waals surface area (Å²) in [5.41, 5.74) is 2.82. The summed E-state index contributed by atoms with van der Waals surface area (Å²) in [5, 5.41) is 1.10. The molecule has 2 atom stereocenters. The number of hydrogen-bond acceptors (Lipinski definition) is 8. The number of methoxy groups -OCH3 is 2. The van der Waals surface area contributed by atoms with Gasteiger partial charge in [-0.2, -0.15) is 0 Å². The van der Waals surface area contributed by atoms with Gasteiger partial charge in [0.05, 0.1) is 18.7 Å². The van der Waals surface area contributed by atoms with E-state index in [4.69, 9.17) is 18.9 Å². The smallest absolute Gasteiger partial charge is 0.410 e. The molecule has 1 saturated heterocycles. The number of aryl methyl sites for hydroxylation is 1. The van der Waals surface area contributed by atoms with Crippen LogP contribution in [-0.4, -0.2) is 92.1 Å². The number of hydrogen-bond donors (Lipinski definition) is 0. The first-order chi connectivity index (χ1) is 25.0. The molecule has 12 nitrogen and oxygen atoms in total. The molecule has 6 rings (SSSR count). The van der Waals surface area contributed by atoms with E-state index in [2.05, 4.69) is 35.0 Å². The molecule has 0 bridgehead atoms. The van der Waals surface area contributed by atoms with Gasteiger partial charge in [-0.15, -0.1) is 0 Å². The van der Waals surface area contributed by atoms with Crippen LogP contribution in [0.5, 0.6) is 5.75 Å². The largest absolute Gasteiger partial charge is 0.482 e. The summed E-state index contributed by atoms with van der Waals surface area (Å²) in [7, 11) is 3.05. The van der Waals surface area contributed by atoms with Crippen LogP contribution in [0, 0.1) is 5.92 Å². The van der Waals surface area contributed by atoms with Crippen LogP contribution >= 0.6 is 0 Å². The van der Waals surface area contributed by atoms with Crippen molar-refractivity contribution in [2.45, 2.75) is 89.8 Å². The van der Waals surface area contributed by atoms with Gasteiger partial charge in [0.15, 0.2) is 6.61 Å². The Morgan fingerprint density at radius 1 is 0.962 bits per heavy atom. The summed E-state index contributed by atoms with van der Waals surface area (Å²) < 4.78 is 23.8. The van der Waals surface area contributed by atoms with Gasteiger partial charge in [0.1, 0.15) is 11.4 Å². The molecule has 0 spiro atoms. The van der Waals surface area contributed by atoms with Gasteiger partial charge in [-0.1, -0.05) is 12.1 Å². The van der Waals surface area contributed by atoms with Crippen molar-refractivity contribution in [1.82, 2.24) is 9.47 Å². The van der Waals surface area contributed by atoms with E-state index in [0.717, 1.165) is 48.7 Å². The quantitative estimate of drug-likeness (QED) is 0.150. The Morgan fingerprint density at radius 3 is 2.50 bits per heavy atom. The van der Waals surface area contributed by atoms with Gasteiger partial charge in [-0.3, -0.25) is 14.4 Å². The third kappa shape index (κ3) is 8.54. The van der Waals surface area contributed by atoms with Crippen LogP contribution in [-0.2, 0) is 35.1 Å². The highest BCUT2D eigenvalue weighted by Crippen LogP contribution is 2.43. The van der Waals surface area contributed by atoms with E-state index in [0.29, 0.717) is 56.1 Å². The molecule has 1 aromatic heterocycles. The van der Waals surface area contributed by atoms with Crippen LogP contribution in [0.2, 0.25) is 0 Å². The lowest BCUT2D eigenvalue weighted by Gasteiger charge is -2.41. The second-order valence-corrected chi connectivity index (χ2v) is 15.1. The second-order valence-electron chi connectivity index (χ2n) is 15.1. The van der Waals surface area contributed by atoms with Crippen molar-refractivity contribution in [3.63, 3.8) is 0 Å². The zero-order valence-electron chi connectivity index (χ0n) is 31.1. The number of amides is 3. The number of ether oxygens (including phenoxy) is 4. The SMILES string of the molecule is COCCCN1C(=O)COc2ccc(N(C(=O)[C@H]3CN(C(=O)OC(C)(C)C)CC[C@@H]3c3ccc4ccn(CCCCC(=O)OC)c4c3)C3CC3)cc21. The lowest BCUT2D eigenvalue weighted by Crippen LogP contribution is -2.51. The van der Waals surface area contributed by atoms with Crippen LogP contribution in [0.4, 0.5) is 16.2 Å². The molecular weight excluding hydrogens is 664 g/mol. The van der Waals surface area contributed by atoms with E-state index in [1.807, 2.05) is 43.9 Å². The van der Waals surface area contributed by atoms with Crippen molar-refractivity contribution < 1.29 is 38.1 Å². The molecule has 1 aliphatic carbocycles. The standard InChI is InChI=1S/C40H52N4O8/c1-40(2,3)52-39(48)42-21-17-31(28-11-10-27-16-20-41(33(27)23-28)18-7-6-9-37(46)50-5)32(25-42)38(47)44(29-12-13-29)30-14-15-35-34(24-30)43(19-8-22-49-4)36(45)26-51-35/h10-11,14-16,20,23-24,29,31-32H,6-9,12-13,17-19,21-22,25-26H2,1-5H3/t31-,32+/m1/s1. The van der Waals surface area contributed by atoms with E-state index in [-0.39, 0.29) is 42.9 Å². The molecule has 3 aromatic rings. The van der Waals surface area contributed by atoms with Gasteiger partial charge in [-0.25, -0.2) is 4.79 Å². The maximum atomic E-state index is 15.1. The van der Waals surface area contributed by atoms with E-state index in [1.54, 1.807) is 16.9 Å². The maximum Gasteiger partial charge on any atom is 0.410 e. The fourth-order valence-electron chi connectivity index (χ4n) is 7.36. The van der Waals surface area contributed by atoms with Crippen LogP contribution in [0.25, 0.3) is 10.9 Å². The Balaban J connectivity index is 1.31. The molecule has 2 aromatic carbocycles. The van der Waals surface area contributed by atoms with Crippen molar-refractivity contribution in [3.05, 3.63) is 54.2 Å². The van der Waals surface area contributed by atoms with Crippen molar-refractivity contribution >= 4 is 46.2 Å². The van der Waals surface area contributed by atoms with Gasteiger partial charge in [0.25, 0.3) is 5.91 Å². The van der Waals surface area contributed by atoms with Crippen LogP contribution in [0.15, 0.2) is 48.7 Å². The normalized spacial score (nSPS) is 18.9. The highest BCUT2D eigenvalue weighted by molar-refractivity contribution is 6.01. The summed E-state index contributed by atoms with van der Waals surface area (Å²) >= 11 is 0. The Hall–Kier alpha value is -4.58. The van der Waals surface area contributed by atoms with Gasteiger partial charge >= 0.3 is 12.1 Å². The first kappa shape index (κ1) is 37.2. The number of fused-ring (bicyclic) bond motifs is 2. The number of carbonyl (C=O) groups is 4. The number of unbranched alkanes of at least 4 members (excludes halogenated alkanes) is 1. The van der Waals surface area contributed by atoms with E-state index in [9.17, 15) is 14.4 Å². The molecular formula is C40H52N4O8. The zero-order valence-corrected chi connectivity index (χ0v) is 31.1. The Bertz CT molecular complexity index is 1780. The molecule has 3 amide bonds. The summed E-state index contributed by atoms with van der Waals surface area (Å²) in [6, 6.07) is 14.2. The zero-order chi connectivity index (χ0) is 37.0. The molecule has 3 heterocycles. The van der Waals surface area contributed by atoms with Gasteiger partial charge in [0, 0.05) is 69.8 Å². The molecule has 3 aliphatic rings. The highest BCUT2D eigenvalue weighted by atomic mass is 16.6. The minimum Gasteiger partial charge on any atom is -0.482 e. The van der Waals surface area contributed by atoms with Crippen molar-refractivity contribution in [3.8, 4) is 5.75 Å². The number of carbonyl (C=O) groups excluding carboxylic acids is 4. The lowest BCUT2D eigenvalue weighted by molar-refractivity contribution is -0.140. The van der Waals surface area contributed by atoms with Crippen LogP contribution in [0.3, 0.4) is 0 Å². The van der Waals surface area contributed by atoms with Crippen molar-refractivity contribution in [1.29, 1.82) is 0 Å². The molecule has 2 aliphatic heterocycles. The summed E-state index contributed by atoms with van der Waals surface area (Å²) in [4.78, 5) is 58.4. The molecule has 0 radical (unpaired) electrons. The monoisotopic (exact) mass is 716 g/mol. The number of anilines is 2. The number of piperidine rings is 1. The fraction of sp³-hybridized carbons (Fsp3) is 0.550. The number of rotatable bonds is 13. The summed E-state index contributed by atoms with van der Waals surface area (Å²) in [5.74, 6) is -0.453. The lowest BCUT2D eigenvalue weighted by atomic mass is 9.79. The predicted octanol–water partition coefficient (Wildman–Crippen LogP) is 6.28. The summed E-state index contributed by atoms with van der Waals surface area (Å²) in [6.45, 7) is 7.96. The highest BCUT2D eigenvalue weighted by Gasteiger charge is 2.44. The van der Waals surface area contributed by atoms with Crippen LogP contribution < -0.4 is 14.5 Å². The molecule has 12 heteroatoms. The molecule has 1 saturated carbocycles. The number of aromatic nitrogens is 1. The second kappa shape index (κ2) is 16.0. The molecule has 2 fully saturated rings. The Kier molecular flexibility index (Phi) is 11.4. The van der Waals surface area contributed by atoms with E-state index >= 15 is 4.79 Å². The van der Waals surface area contributed by atoms with E-state index < -0.39 is 17.6 Å². The Morgan fingerprint density at radius 2 is 1.77 bits per heavy atom. The van der Waals surface area contributed by atoms with Gasteiger partial charge < -0.3 is 38.2 Å². The van der Waals surface area contributed by atoms with Crippen LogP contribution in [0.1, 0.15) is 77.2 Å². The third-order valence-corrected chi connectivity index (χ3v) is 10.1. The molecule has 280 valence electrons. The minimum atomic E-state index is -0.668. The first-order valence-electron chi connectivity index (χ1n) is 18.5.